The van der Waals surface area contributed by atoms with Crippen LogP contribution in [0.4, 0.5) is 11.8 Å². The minimum atomic E-state index is 0.590. The molecule has 1 aromatic heterocycles. The zero-order valence-corrected chi connectivity index (χ0v) is 12.6. The number of hydrogen-bond donors (Lipinski definition) is 1. The van der Waals surface area contributed by atoms with E-state index in [0.717, 1.165) is 44.3 Å². The van der Waals surface area contributed by atoms with Crippen LogP contribution in [0.15, 0.2) is 12.3 Å². The number of nitrogens with one attached hydrogen (secondary N) is 1. The number of hydrogen-bond acceptors (Lipinski definition) is 5. The number of nitrogens with zero attached hydrogens (tertiary/aromatic N) is 3. The maximum absolute atomic E-state index is 5.05. The number of anilines is 2. The lowest BCUT2D eigenvalue weighted by Gasteiger charge is -2.35. The standard InChI is InChI=1S/C15H26N4O/c1-3-13-7-4-5-11-19(13)15-17-10-8-14(18-15)16-9-6-12-20-2/h8,10,13H,3-7,9,11-12H2,1-2H3,(H,16,17,18). The molecule has 5 nitrogen and oxygen atoms in total. The SMILES string of the molecule is CCC1CCCCN1c1nccc(NCCCOC)n1. The first-order valence-electron chi connectivity index (χ1n) is 7.67. The summed E-state index contributed by atoms with van der Waals surface area (Å²) in [5.41, 5.74) is 0. The van der Waals surface area contributed by atoms with Gasteiger partial charge in [0.05, 0.1) is 0 Å². The molecule has 5 heteroatoms. The van der Waals surface area contributed by atoms with E-state index < -0.39 is 0 Å². The fraction of sp³-hybridized carbons (Fsp3) is 0.733. The Kier molecular flexibility index (Phi) is 6.05. The lowest BCUT2D eigenvalue weighted by molar-refractivity contribution is 0.198. The van der Waals surface area contributed by atoms with Gasteiger partial charge in [0, 0.05) is 39.0 Å². The minimum Gasteiger partial charge on any atom is -0.385 e. The van der Waals surface area contributed by atoms with E-state index in [1.807, 2.05) is 12.3 Å². The Bertz CT molecular complexity index is 399. The summed E-state index contributed by atoms with van der Waals surface area (Å²) in [7, 11) is 1.73. The van der Waals surface area contributed by atoms with Crippen molar-refractivity contribution in [1.82, 2.24) is 9.97 Å². The van der Waals surface area contributed by atoms with Crippen LogP contribution in [0, 0.1) is 0 Å². The molecule has 1 aliphatic rings. The molecule has 0 saturated carbocycles. The van der Waals surface area contributed by atoms with Crippen molar-refractivity contribution in [2.24, 2.45) is 0 Å². The Labute approximate surface area is 121 Å². The number of methoxy groups -OCH3 is 1. The molecule has 2 rings (SSSR count). The summed E-state index contributed by atoms with van der Waals surface area (Å²) < 4.78 is 5.05. The van der Waals surface area contributed by atoms with Gasteiger partial charge in [-0.1, -0.05) is 6.92 Å². The molecular formula is C15H26N4O. The molecule has 0 aromatic carbocycles. The molecule has 1 unspecified atom stereocenters. The lowest BCUT2D eigenvalue weighted by Crippen LogP contribution is -2.40. The van der Waals surface area contributed by atoms with Crippen molar-refractivity contribution >= 4 is 11.8 Å². The van der Waals surface area contributed by atoms with Crippen LogP contribution >= 0.6 is 0 Å². The Balaban J connectivity index is 1.97. The zero-order chi connectivity index (χ0) is 14.2. The molecule has 0 aliphatic carbocycles. The smallest absolute Gasteiger partial charge is 0.227 e. The summed E-state index contributed by atoms with van der Waals surface area (Å²) in [6, 6.07) is 2.52. The second-order valence-electron chi connectivity index (χ2n) is 5.27. The summed E-state index contributed by atoms with van der Waals surface area (Å²) in [5, 5.41) is 3.33. The Morgan fingerprint density at radius 2 is 2.35 bits per heavy atom. The molecule has 1 atom stereocenters. The molecule has 0 bridgehead atoms. The van der Waals surface area contributed by atoms with Crippen molar-refractivity contribution < 1.29 is 4.74 Å². The normalized spacial score (nSPS) is 19.1. The second kappa shape index (κ2) is 8.04. The first kappa shape index (κ1) is 15.0. The van der Waals surface area contributed by atoms with Crippen LogP contribution in [0.1, 0.15) is 39.0 Å². The Hall–Kier alpha value is -1.36. The van der Waals surface area contributed by atoms with Crippen molar-refractivity contribution in [3.63, 3.8) is 0 Å². The average molecular weight is 278 g/mol. The highest BCUT2D eigenvalue weighted by atomic mass is 16.5. The van der Waals surface area contributed by atoms with Crippen LogP contribution in [0.3, 0.4) is 0 Å². The van der Waals surface area contributed by atoms with E-state index in [-0.39, 0.29) is 0 Å². The molecule has 20 heavy (non-hydrogen) atoms. The van der Waals surface area contributed by atoms with E-state index in [4.69, 9.17) is 4.74 Å². The number of aromatic nitrogens is 2. The summed E-state index contributed by atoms with van der Waals surface area (Å²) >= 11 is 0. The highest BCUT2D eigenvalue weighted by molar-refractivity contribution is 5.42. The second-order valence-corrected chi connectivity index (χ2v) is 5.27. The van der Waals surface area contributed by atoms with Crippen molar-refractivity contribution in [1.29, 1.82) is 0 Å². The average Bonchev–Trinajstić information content (AvgIpc) is 2.52. The number of piperidine rings is 1. The van der Waals surface area contributed by atoms with E-state index in [2.05, 4.69) is 27.1 Å². The van der Waals surface area contributed by atoms with Crippen LogP contribution in [0.25, 0.3) is 0 Å². The van der Waals surface area contributed by atoms with E-state index in [1.54, 1.807) is 7.11 Å². The van der Waals surface area contributed by atoms with E-state index in [9.17, 15) is 0 Å². The lowest BCUT2D eigenvalue weighted by atomic mass is 10.0. The largest absolute Gasteiger partial charge is 0.385 e. The Morgan fingerprint density at radius 3 is 3.15 bits per heavy atom. The van der Waals surface area contributed by atoms with Gasteiger partial charge in [-0.3, -0.25) is 0 Å². The molecule has 112 valence electrons. The topological polar surface area (TPSA) is 50.3 Å². The van der Waals surface area contributed by atoms with Crippen LogP contribution in [0.2, 0.25) is 0 Å². The van der Waals surface area contributed by atoms with Crippen molar-refractivity contribution in [3.8, 4) is 0 Å². The predicted molar refractivity (Wildman–Crippen MR) is 82.3 cm³/mol. The van der Waals surface area contributed by atoms with Crippen molar-refractivity contribution in [2.75, 3.05) is 37.0 Å². The monoisotopic (exact) mass is 278 g/mol. The molecule has 2 heterocycles. The van der Waals surface area contributed by atoms with E-state index >= 15 is 0 Å². The van der Waals surface area contributed by atoms with E-state index in [0.29, 0.717) is 6.04 Å². The fourth-order valence-corrected chi connectivity index (χ4v) is 2.71. The quantitative estimate of drug-likeness (QED) is 0.777. The highest BCUT2D eigenvalue weighted by Crippen LogP contribution is 2.24. The minimum absolute atomic E-state index is 0.590. The summed E-state index contributed by atoms with van der Waals surface area (Å²) in [6.07, 6.45) is 7.81. The highest BCUT2D eigenvalue weighted by Gasteiger charge is 2.22. The fourth-order valence-electron chi connectivity index (χ4n) is 2.71. The molecular weight excluding hydrogens is 252 g/mol. The molecule has 1 aliphatic heterocycles. The van der Waals surface area contributed by atoms with Gasteiger partial charge in [0.25, 0.3) is 0 Å². The van der Waals surface area contributed by atoms with Gasteiger partial charge < -0.3 is 15.0 Å². The van der Waals surface area contributed by atoms with Crippen LogP contribution in [0.5, 0.6) is 0 Å². The third-order valence-electron chi connectivity index (χ3n) is 3.83. The summed E-state index contributed by atoms with van der Waals surface area (Å²) in [6.45, 7) is 4.97. The summed E-state index contributed by atoms with van der Waals surface area (Å²) in [5.74, 6) is 1.78. The molecule has 1 fully saturated rings. The Morgan fingerprint density at radius 1 is 1.45 bits per heavy atom. The van der Waals surface area contributed by atoms with Crippen molar-refractivity contribution in [3.05, 3.63) is 12.3 Å². The van der Waals surface area contributed by atoms with Gasteiger partial charge in [-0.25, -0.2) is 4.98 Å². The molecule has 1 saturated heterocycles. The third kappa shape index (κ3) is 4.07. The number of rotatable bonds is 7. The van der Waals surface area contributed by atoms with Gasteiger partial charge in [-0.05, 0) is 38.2 Å². The summed E-state index contributed by atoms with van der Waals surface area (Å²) in [4.78, 5) is 11.5. The van der Waals surface area contributed by atoms with Gasteiger partial charge in [0.2, 0.25) is 5.95 Å². The van der Waals surface area contributed by atoms with E-state index in [1.165, 1.54) is 19.3 Å². The van der Waals surface area contributed by atoms with Gasteiger partial charge in [-0.15, -0.1) is 0 Å². The number of ether oxygens (including phenoxy) is 1. The predicted octanol–water partition coefficient (Wildman–Crippen LogP) is 2.69. The molecule has 0 spiro atoms. The van der Waals surface area contributed by atoms with Crippen LogP contribution < -0.4 is 10.2 Å². The van der Waals surface area contributed by atoms with Crippen molar-refractivity contribution in [2.45, 2.75) is 45.1 Å². The van der Waals surface area contributed by atoms with Crippen LogP contribution in [-0.2, 0) is 4.74 Å². The van der Waals surface area contributed by atoms with Gasteiger partial charge in [0.1, 0.15) is 5.82 Å². The molecule has 0 amide bonds. The molecule has 1 aromatic rings. The van der Waals surface area contributed by atoms with Gasteiger partial charge in [-0.2, -0.15) is 4.98 Å². The maximum Gasteiger partial charge on any atom is 0.227 e. The first-order chi connectivity index (χ1) is 9.85. The van der Waals surface area contributed by atoms with Gasteiger partial charge >= 0.3 is 0 Å². The van der Waals surface area contributed by atoms with Gasteiger partial charge in [0.15, 0.2) is 0 Å². The maximum atomic E-state index is 5.05. The third-order valence-corrected chi connectivity index (χ3v) is 3.83. The van der Waals surface area contributed by atoms with Crippen LogP contribution in [-0.4, -0.2) is 42.8 Å². The molecule has 0 radical (unpaired) electrons. The molecule has 1 N–H and O–H groups in total. The first-order valence-corrected chi connectivity index (χ1v) is 7.67. The zero-order valence-electron chi connectivity index (χ0n) is 12.6.